The summed E-state index contributed by atoms with van der Waals surface area (Å²) in [6.07, 6.45) is 8.59. The summed E-state index contributed by atoms with van der Waals surface area (Å²) in [5.74, 6) is 1.87. The van der Waals surface area contributed by atoms with E-state index in [0.717, 1.165) is 29.5 Å². The first-order chi connectivity index (χ1) is 9.61. The maximum Gasteiger partial charge on any atom is 0.128 e. The molecule has 0 aliphatic heterocycles. The minimum absolute atomic E-state index is 0.647. The highest BCUT2D eigenvalue weighted by Crippen LogP contribution is 2.25. The molecule has 2 unspecified atom stereocenters. The molecule has 1 saturated carbocycles. The fraction of sp³-hybridized carbons (Fsp3) is 0.706. The summed E-state index contributed by atoms with van der Waals surface area (Å²) in [6.45, 7) is 7.37. The van der Waals surface area contributed by atoms with Crippen molar-refractivity contribution >= 4 is 0 Å². The van der Waals surface area contributed by atoms with Crippen LogP contribution in [0.3, 0.4) is 0 Å². The molecule has 0 aromatic carbocycles. The Hall–Kier alpha value is -1.09. The van der Waals surface area contributed by atoms with Gasteiger partial charge in [0.25, 0.3) is 0 Å². The van der Waals surface area contributed by atoms with Gasteiger partial charge in [0.05, 0.1) is 12.8 Å². The molecule has 1 aromatic heterocycles. The lowest BCUT2D eigenvalue weighted by Crippen LogP contribution is -2.28. The Bertz CT molecular complexity index is 445. The van der Waals surface area contributed by atoms with E-state index < -0.39 is 0 Å². The van der Waals surface area contributed by atoms with Crippen molar-refractivity contribution in [2.24, 2.45) is 5.92 Å². The van der Waals surface area contributed by atoms with Crippen molar-refractivity contribution in [3.8, 4) is 5.75 Å². The van der Waals surface area contributed by atoms with Crippen LogP contribution in [0.2, 0.25) is 0 Å². The third-order valence-electron chi connectivity index (χ3n) is 4.57. The van der Waals surface area contributed by atoms with E-state index in [-0.39, 0.29) is 0 Å². The summed E-state index contributed by atoms with van der Waals surface area (Å²) in [5, 5.41) is 3.69. The molecule has 1 heterocycles. The third kappa shape index (κ3) is 3.72. The number of nitrogens with zero attached hydrogens (tertiary/aromatic N) is 1. The number of aromatic nitrogens is 1. The van der Waals surface area contributed by atoms with Gasteiger partial charge in [-0.3, -0.25) is 4.98 Å². The predicted octanol–water partition coefficient (Wildman–Crippen LogP) is 3.77. The van der Waals surface area contributed by atoms with Crippen LogP contribution in [-0.2, 0) is 6.54 Å². The highest BCUT2D eigenvalue weighted by molar-refractivity contribution is 5.40. The molecule has 2 rings (SSSR count). The monoisotopic (exact) mass is 276 g/mol. The normalized spacial score (nSPS) is 23.4. The first kappa shape index (κ1) is 15.3. The molecule has 1 aromatic rings. The Morgan fingerprint density at radius 2 is 2.05 bits per heavy atom. The van der Waals surface area contributed by atoms with Crippen LogP contribution in [0.4, 0.5) is 0 Å². The molecule has 1 aliphatic rings. The summed E-state index contributed by atoms with van der Waals surface area (Å²) < 4.78 is 5.47. The number of methoxy groups -OCH3 is 1. The topological polar surface area (TPSA) is 34.1 Å². The Balaban J connectivity index is 1.97. The molecule has 112 valence electrons. The van der Waals surface area contributed by atoms with Crippen LogP contribution in [0, 0.1) is 19.8 Å². The van der Waals surface area contributed by atoms with Crippen molar-refractivity contribution in [3.63, 3.8) is 0 Å². The van der Waals surface area contributed by atoms with Crippen LogP contribution >= 0.6 is 0 Å². The molecule has 0 saturated heterocycles. The molecule has 0 amide bonds. The first-order valence-corrected chi connectivity index (χ1v) is 7.84. The summed E-state index contributed by atoms with van der Waals surface area (Å²) in [5.41, 5.74) is 3.39. The van der Waals surface area contributed by atoms with Crippen molar-refractivity contribution in [2.45, 2.75) is 65.5 Å². The fourth-order valence-corrected chi connectivity index (χ4v) is 3.18. The van der Waals surface area contributed by atoms with Gasteiger partial charge in [0.15, 0.2) is 0 Å². The minimum atomic E-state index is 0.647. The molecule has 3 heteroatoms. The van der Waals surface area contributed by atoms with E-state index in [2.05, 4.69) is 24.1 Å². The van der Waals surface area contributed by atoms with E-state index in [1.54, 1.807) is 7.11 Å². The fourth-order valence-electron chi connectivity index (χ4n) is 3.18. The van der Waals surface area contributed by atoms with Crippen molar-refractivity contribution in [2.75, 3.05) is 7.11 Å². The van der Waals surface area contributed by atoms with E-state index in [4.69, 9.17) is 4.74 Å². The van der Waals surface area contributed by atoms with Gasteiger partial charge in [-0.05, 0) is 39.0 Å². The number of nitrogens with one attached hydrogen (secondary N) is 1. The van der Waals surface area contributed by atoms with Crippen molar-refractivity contribution in [1.82, 2.24) is 10.3 Å². The Morgan fingerprint density at radius 3 is 2.80 bits per heavy atom. The third-order valence-corrected chi connectivity index (χ3v) is 4.57. The van der Waals surface area contributed by atoms with E-state index in [1.807, 2.05) is 13.1 Å². The molecule has 0 spiro atoms. The minimum Gasteiger partial charge on any atom is -0.496 e. The van der Waals surface area contributed by atoms with Crippen LogP contribution in [0.25, 0.3) is 0 Å². The quantitative estimate of drug-likeness (QED) is 0.850. The smallest absolute Gasteiger partial charge is 0.128 e. The second kappa shape index (κ2) is 7.07. The van der Waals surface area contributed by atoms with Crippen molar-refractivity contribution in [3.05, 3.63) is 23.0 Å². The standard InChI is InChI=1S/C17H28N2O/c1-12-6-5-7-15(9-8-12)18-11-16-14(3)17(20-4)13(2)10-19-16/h10,12,15,18H,5-9,11H2,1-4H3. The lowest BCUT2D eigenvalue weighted by molar-refractivity contribution is 0.404. The molecular formula is C17H28N2O. The molecule has 1 aliphatic carbocycles. The van der Waals surface area contributed by atoms with Gasteiger partial charge in [0, 0.05) is 29.9 Å². The van der Waals surface area contributed by atoms with Gasteiger partial charge >= 0.3 is 0 Å². The lowest BCUT2D eigenvalue weighted by atomic mass is 10.0. The second-order valence-corrected chi connectivity index (χ2v) is 6.24. The number of aryl methyl sites for hydroxylation is 1. The Morgan fingerprint density at radius 1 is 1.25 bits per heavy atom. The molecule has 3 nitrogen and oxygen atoms in total. The number of pyridine rings is 1. The van der Waals surface area contributed by atoms with Crippen molar-refractivity contribution in [1.29, 1.82) is 0 Å². The van der Waals surface area contributed by atoms with Gasteiger partial charge in [0.1, 0.15) is 5.75 Å². The maximum atomic E-state index is 5.47. The number of ether oxygens (including phenoxy) is 1. The van der Waals surface area contributed by atoms with E-state index in [0.29, 0.717) is 6.04 Å². The highest BCUT2D eigenvalue weighted by atomic mass is 16.5. The zero-order valence-electron chi connectivity index (χ0n) is 13.3. The van der Waals surface area contributed by atoms with Gasteiger partial charge in [0.2, 0.25) is 0 Å². The average molecular weight is 276 g/mol. The Kier molecular flexibility index (Phi) is 5.41. The Labute approximate surface area is 123 Å². The number of hydrogen-bond donors (Lipinski definition) is 1. The summed E-state index contributed by atoms with van der Waals surface area (Å²) in [6, 6.07) is 0.647. The molecule has 1 fully saturated rings. The SMILES string of the molecule is COc1c(C)cnc(CNC2CCCC(C)CC2)c1C. The van der Waals surface area contributed by atoms with Gasteiger partial charge < -0.3 is 10.1 Å². The molecule has 20 heavy (non-hydrogen) atoms. The van der Waals surface area contributed by atoms with Gasteiger partial charge in [-0.15, -0.1) is 0 Å². The number of rotatable bonds is 4. The zero-order chi connectivity index (χ0) is 14.5. The van der Waals surface area contributed by atoms with Gasteiger partial charge in [-0.2, -0.15) is 0 Å². The van der Waals surface area contributed by atoms with Crippen LogP contribution < -0.4 is 10.1 Å². The average Bonchev–Trinajstić information content (AvgIpc) is 2.63. The van der Waals surface area contributed by atoms with E-state index in [1.165, 1.54) is 37.7 Å². The van der Waals surface area contributed by atoms with Crippen LogP contribution in [0.5, 0.6) is 5.75 Å². The molecule has 2 atom stereocenters. The molecule has 0 radical (unpaired) electrons. The maximum absolute atomic E-state index is 5.47. The van der Waals surface area contributed by atoms with Gasteiger partial charge in [-0.25, -0.2) is 0 Å². The highest BCUT2D eigenvalue weighted by Gasteiger charge is 2.16. The summed E-state index contributed by atoms with van der Waals surface area (Å²) >= 11 is 0. The summed E-state index contributed by atoms with van der Waals surface area (Å²) in [4.78, 5) is 4.57. The molecule has 1 N–H and O–H groups in total. The van der Waals surface area contributed by atoms with E-state index >= 15 is 0 Å². The van der Waals surface area contributed by atoms with Crippen molar-refractivity contribution < 1.29 is 4.74 Å². The lowest BCUT2D eigenvalue weighted by Gasteiger charge is -2.18. The van der Waals surface area contributed by atoms with Crippen LogP contribution in [0.15, 0.2) is 6.20 Å². The van der Waals surface area contributed by atoms with Gasteiger partial charge in [-0.1, -0.05) is 19.8 Å². The summed E-state index contributed by atoms with van der Waals surface area (Å²) in [7, 11) is 1.74. The van der Waals surface area contributed by atoms with Crippen LogP contribution in [-0.4, -0.2) is 18.1 Å². The molecule has 0 bridgehead atoms. The largest absolute Gasteiger partial charge is 0.496 e. The predicted molar refractivity (Wildman–Crippen MR) is 83.1 cm³/mol. The van der Waals surface area contributed by atoms with E-state index in [9.17, 15) is 0 Å². The first-order valence-electron chi connectivity index (χ1n) is 7.84. The second-order valence-electron chi connectivity index (χ2n) is 6.24. The van der Waals surface area contributed by atoms with Crippen LogP contribution in [0.1, 0.15) is 55.8 Å². The zero-order valence-corrected chi connectivity index (χ0v) is 13.3. The molecular weight excluding hydrogens is 248 g/mol. The number of hydrogen-bond acceptors (Lipinski definition) is 3.